The molecule has 5 heteroatoms. The lowest BCUT2D eigenvalue weighted by Gasteiger charge is -2.07. The molecular weight excluding hydrogens is 268 g/mol. The zero-order chi connectivity index (χ0) is 14.5. The van der Waals surface area contributed by atoms with Crippen LogP contribution in [0.5, 0.6) is 0 Å². The van der Waals surface area contributed by atoms with Gasteiger partial charge in [0, 0.05) is 12.7 Å². The minimum atomic E-state index is 0.334. The molecule has 3 rings (SSSR count). The molecule has 0 amide bonds. The molecule has 0 aliphatic heterocycles. The van der Waals surface area contributed by atoms with Gasteiger partial charge < -0.3 is 0 Å². The molecule has 2 heterocycles. The largest absolute Gasteiger partial charge is 0.299 e. The molecule has 20 heavy (non-hydrogen) atoms. The second-order valence-electron chi connectivity index (χ2n) is 6.67. The first-order valence-corrected chi connectivity index (χ1v) is 7.33. The van der Waals surface area contributed by atoms with Crippen molar-refractivity contribution in [2.45, 2.75) is 34.2 Å². The first kappa shape index (κ1) is 13.5. The monoisotopic (exact) mass is 288 g/mol. The maximum absolute atomic E-state index is 5.39. The first-order valence-electron chi connectivity index (χ1n) is 6.92. The summed E-state index contributed by atoms with van der Waals surface area (Å²) in [6.45, 7) is 10.2. The zero-order valence-electron chi connectivity index (χ0n) is 12.3. The van der Waals surface area contributed by atoms with Crippen molar-refractivity contribution in [3.05, 3.63) is 29.2 Å². The summed E-state index contributed by atoms with van der Waals surface area (Å²) in [5.74, 6) is 1.43. The van der Waals surface area contributed by atoms with Gasteiger partial charge in [0.25, 0.3) is 0 Å². The molecule has 1 N–H and O–H groups in total. The predicted octanol–water partition coefficient (Wildman–Crippen LogP) is 3.68. The molecule has 4 nitrogen and oxygen atoms in total. The van der Waals surface area contributed by atoms with Crippen molar-refractivity contribution < 1.29 is 0 Å². The van der Waals surface area contributed by atoms with Gasteiger partial charge >= 0.3 is 0 Å². The van der Waals surface area contributed by atoms with E-state index in [1.807, 2.05) is 18.2 Å². The van der Waals surface area contributed by atoms with Crippen LogP contribution in [0.3, 0.4) is 0 Å². The van der Waals surface area contributed by atoms with Gasteiger partial charge in [-0.25, -0.2) is 0 Å². The number of aromatic nitrogens is 4. The third-order valence-electron chi connectivity index (χ3n) is 5.34. The highest BCUT2D eigenvalue weighted by atomic mass is 32.1. The lowest BCUT2D eigenvalue weighted by Crippen LogP contribution is -2.07. The Kier molecular flexibility index (Phi) is 2.87. The Labute approximate surface area is 124 Å². The normalized spacial score (nSPS) is 20.0. The molecule has 1 fully saturated rings. The molecule has 0 bridgehead atoms. The number of nitrogens with zero attached hydrogens (tertiary/aromatic N) is 3. The van der Waals surface area contributed by atoms with Crippen molar-refractivity contribution in [2.75, 3.05) is 0 Å². The lowest BCUT2D eigenvalue weighted by molar-refractivity contribution is 0.457. The average Bonchev–Trinajstić information content (AvgIpc) is 2.71. The number of aromatic amines is 1. The van der Waals surface area contributed by atoms with E-state index in [1.165, 1.54) is 0 Å². The molecule has 0 saturated heterocycles. The van der Waals surface area contributed by atoms with E-state index in [0.717, 1.165) is 18.1 Å². The van der Waals surface area contributed by atoms with Crippen LogP contribution >= 0.6 is 12.2 Å². The predicted molar refractivity (Wildman–Crippen MR) is 81.7 cm³/mol. The SMILES string of the molecule is CC1(C)C(Cn2c(-c3ccccn3)n[nH]c2=S)C1(C)C. The highest BCUT2D eigenvalue weighted by molar-refractivity contribution is 7.71. The fourth-order valence-corrected chi connectivity index (χ4v) is 3.36. The lowest BCUT2D eigenvalue weighted by atomic mass is 10.0. The van der Waals surface area contributed by atoms with Crippen molar-refractivity contribution >= 4 is 12.2 Å². The third kappa shape index (κ3) is 1.84. The number of hydrogen-bond donors (Lipinski definition) is 1. The molecule has 0 spiro atoms. The zero-order valence-corrected chi connectivity index (χ0v) is 13.2. The fraction of sp³-hybridized carbons (Fsp3) is 0.533. The van der Waals surface area contributed by atoms with Gasteiger partial charge in [0.2, 0.25) is 0 Å². The second kappa shape index (κ2) is 4.25. The summed E-state index contributed by atoms with van der Waals surface area (Å²) in [6, 6.07) is 5.84. The standard InChI is InChI=1S/C15H20N4S/c1-14(2)11(15(14,3)4)9-19-12(17-18-13(19)20)10-7-5-6-8-16-10/h5-8,11H,9H2,1-4H3,(H,18,20). The Balaban J connectivity index is 1.96. The molecule has 1 aliphatic carbocycles. The van der Waals surface area contributed by atoms with E-state index in [9.17, 15) is 0 Å². The summed E-state index contributed by atoms with van der Waals surface area (Å²) in [5, 5.41) is 7.24. The molecule has 1 aliphatic rings. The highest BCUT2D eigenvalue weighted by Crippen LogP contribution is 2.68. The van der Waals surface area contributed by atoms with E-state index in [1.54, 1.807) is 6.20 Å². The van der Waals surface area contributed by atoms with Crippen LogP contribution in [-0.2, 0) is 6.54 Å². The number of hydrogen-bond acceptors (Lipinski definition) is 3. The van der Waals surface area contributed by atoms with Crippen molar-refractivity contribution in [3.8, 4) is 11.5 Å². The van der Waals surface area contributed by atoms with Gasteiger partial charge in [0.15, 0.2) is 10.6 Å². The highest BCUT2D eigenvalue weighted by Gasteiger charge is 2.64. The maximum atomic E-state index is 5.39. The molecule has 2 aromatic rings. The third-order valence-corrected chi connectivity index (χ3v) is 5.65. The Morgan fingerprint density at radius 1 is 1.25 bits per heavy atom. The Morgan fingerprint density at radius 2 is 1.95 bits per heavy atom. The quantitative estimate of drug-likeness (QED) is 0.876. The summed E-state index contributed by atoms with van der Waals surface area (Å²) >= 11 is 5.39. The van der Waals surface area contributed by atoms with Crippen LogP contribution in [0.1, 0.15) is 27.7 Å². The van der Waals surface area contributed by atoms with E-state index in [2.05, 4.69) is 47.4 Å². The summed E-state index contributed by atoms with van der Waals surface area (Å²) in [7, 11) is 0. The summed E-state index contributed by atoms with van der Waals surface area (Å²) in [6.07, 6.45) is 1.78. The van der Waals surface area contributed by atoms with Crippen molar-refractivity contribution in [1.82, 2.24) is 19.7 Å². The summed E-state index contributed by atoms with van der Waals surface area (Å²) in [4.78, 5) is 4.37. The maximum Gasteiger partial charge on any atom is 0.195 e. The second-order valence-corrected chi connectivity index (χ2v) is 7.06. The number of rotatable bonds is 3. The van der Waals surface area contributed by atoms with Gasteiger partial charge in [0.05, 0.1) is 0 Å². The van der Waals surface area contributed by atoms with Gasteiger partial charge in [-0.3, -0.25) is 14.6 Å². The van der Waals surface area contributed by atoms with E-state index < -0.39 is 0 Å². The minimum absolute atomic E-state index is 0.334. The van der Waals surface area contributed by atoms with E-state index >= 15 is 0 Å². The van der Waals surface area contributed by atoms with Crippen LogP contribution in [0.15, 0.2) is 24.4 Å². The Bertz CT molecular complexity index is 667. The Morgan fingerprint density at radius 3 is 2.50 bits per heavy atom. The van der Waals surface area contributed by atoms with Gasteiger partial charge in [0.1, 0.15) is 5.69 Å². The van der Waals surface area contributed by atoms with Gasteiger partial charge in [-0.15, -0.1) is 0 Å². The molecule has 0 atom stereocenters. The van der Waals surface area contributed by atoms with Crippen LogP contribution < -0.4 is 0 Å². The number of H-pyrrole nitrogens is 1. The van der Waals surface area contributed by atoms with Crippen LogP contribution in [0.4, 0.5) is 0 Å². The first-order chi connectivity index (χ1) is 9.35. The molecule has 106 valence electrons. The topological polar surface area (TPSA) is 46.5 Å². The van der Waals surface area contributed by atoms with E-state index in [-0.39, 0.29) is 0 Å². The number of pyridine rings is 1. The van der Waals surface area contributed by atoms with Crippen molar-refractivity contribution in [2.24, 2.45) is 16.7 Å². The van der Waals surface area contributed by atoms with Gasteiger partial charge in [-0.2, -0.15) is 5.10 Å². The molecular formula is C15H20N4S. The van der Waals surface area contributed by atoms with Gasteiger partial charge in [-0.1, -0.05) is 33.8 Å². The molecule has 0 radical (unpaired) electrons. The van der Waals surface area contributed by atoms with E-state index in [4.69, 9.17) is 12.2 Å². The summed E-state index contributed by atoms with van der Waals surface area (Å²) in [5.41, 5.74) is 1.53. The molecule has 1 saturated carbocycles. The smallest absolute Gasteiger partial charge is 0.195 e. The average molecular weight is 288 g/mol. The van der Waals surface area contributed by atoms with E-state index in [0.29, 0.717) is 21.5 Å². The molecule has 0 aromatic carbocycles. The van der Waals surface area contributed by atoms with Crippen LogP contribution in [0.25, 0.3) is 11.5 Å². The van der Waals surface area contributed by atoms with Gasteiger partial charge in [-0.05, 0) is 41.1 Å². The van der Waals surface area contributed by atoms with Crippen LogP contribution in [0, 0.1) is 21.5 Å². The fourth-order valence-electron chi connectivity index (χ4n) is 3.15. The molecule has 0 unspecified atom stereocenters. The van der Waals surface area contributed by atoms with Crippen LogP contribution in [-0.4, -0.2) is 19.7 Å². The summed E-state index contributed by atoms with van der Waals surface area (Å²) < 4.78 is 2.75. The molecule has 2 aromatic heterocycles. The van der Waals surface area contributed by atoms with Crippen LogP contribution in [0.2, 0.25) is 0 Å². The minimum Gasteiger partial charge on any atom is -0.299 e. The Hall–Kier alpha value is -1.49. The number of nitrogens with one attached hydrogen (secondary N) is 1. The van der Waals surface area contributed by atoms with Crippen molar-refractivity contribution in [1.29, 1.82) is 0 Å². The van der Waals surface area contributed by atoms with Crippen molar-refractivity contribution in [3.63, 3.8) is 0 Å².